The van der Waals surface area contributed by atoms with E-state index in [4.69, 9.17) is 9.47 Å². The summed E-state index contributed by atoms with van der Waals surface area (Å²) in [5.41, 5.74) is 2.37. The molecular weight excluding hydrogens is 244 g/mol. The van der Waals surface area contributed by atoms with Crippen molar-refractivity contribution < 1.29 is 19.1 Å². The molecular formula is C15H20O4. The molecule has 0 amide bonds. The van der Waals surface area contributed by atoms with E-state index in [1.54, 1.807) is 19.9 Å². The zero-order valence-corrected chi connectivity index (χ0v) is 11.7. The van der Waals surface area contributed by atoms with Gasteiger partial charge in [-0.2, -0.15) is 0 Å². The number of carbonyl (C=O) groups is 2. The lowest BCUT2D eigenvalue weighted by molar-refractivity contribution is -0.143. The van der Waals surface area contributed by atoms with E-state index >= 15 is 0 Å². The molecule has 0 bridgehead atoms. The molecule has 0 saturated heterocycles. The fourth-order valence-corrected chi connectivity index (χ4v) is 1.89. The summed E-state index contributed by atoms with van der Waals surface area (Å²) in [6.45, 7) is 6.17. The van der Waals surface area contributed by atoms with Crippen molar-refractivity contribution in [1.82, 2.24) is 0 Å². The van der Waals surface area contributed by atoms with E-state index in [0.717, 1.165) is 11.1 Å². The van der Waals surface area contributed by atoms with Crippen LogP contribution in [0.4, 0.5) is 0 Å². The number of esters is 2. The lowest BCUT2D eigenvalue weighted by Gasteiger charge is -2.11. The van der Waals surface area contributed by atoms with Gasteiger partial charge < -0.3 is 9.47 Å². The first-order valence-corrected chi connectivity index (χ1v) is 6.51. The third-order valence-corrected chi connectivity index (χ3v) is 2.79. The van der Waals surface area contributed by atoms with Gasteiger partial charge in [0.05, 0.1) is 18.8 Å². The minimum atomic E-state index is -0.343. The Hall–Kier alpha value is -1.84. The van der Waals surface area contributed by atoms with Crippen molar-refractivity contribution in [3.8, 4) is 0 Å². The SMILES string of the molecule is CCOC(=O)CCc1c(C)cccc1C(=O)OCC. The molecule has 0 aromatic heterocycles. The second-order valence-corrected chi connectivity index (χ2v) is 4.13. The van der Waals surface area contributed by atoms with Gasteiger partial charge in [0, 0.05) is 6.42 Å². The van der Waals surface area contributed by atoms with E-state index in [1.807, 2.05) is 19.1 Å². The highest BCUT2D eigenvalue weighted by molar-refractivity contribution is 5.91. The Labute approximate surface area is 113 Å². The Balaban J connectivity index is 2.86. The lowest BCUT2D eigenvalue weighted by Crippen LogP contribution is -2.12. The van der Waals surface area contributed by atoms with Gasteiger partial charge in [-0.05, 0) is 44.4 Å². The Bertz CT molecular complexity index is 451. The molecule has 19 heavy (non-hydrogen) atoms. The van der Waals surface area contributed by atoms with Crippen molar-refractivity contribution in [2.45, 2.75) is 33.6 Å². The Kier molecular flexibility index (Phi) is 6.06. The van der Waals surface area contributed by atoms with Gasteiger partial charge in [0.1, 0.15) is 0 Å². The predicted molar refractivity (Wildman–Crippen MR) is 72.1 cm³/mol. The van der Waals surface area contributed by atoms with Crippen LogP contribution in [0.2, 0.25) is 0 Å². The molecule has 0 heterocycles. The number of ether oxygens (including phenoxy) is 2. The van der Waals surface area contributed by atoms with Crippen molar-refractivity contribution in [1.29, 1.82) is 0 Å². The zero-order chi connectivity index (χ0) is 14.3. The van der Waals surface area contributed by atoms with E-state index in [0.29, 0.717) is 25.2 Å². The molecule has 4 heteroatoms. The summed E-state index contributed by atoms with van der Waals surface area (Å²) in [7, 11) is 0. The summed E-state index contributed by atoms with van der Waals surface area (Å²) in [6.07, 6.45) is 0.755. The maximum atomic E-state index is 11.8. The Morgan fingerprint density at radius 1 is 1.11 bits per heavy atom. The predicted octanol–water partition coefficient (Wildman–Crippen LogP) is 2.67. The number of carbonyl (C=O) groups excluding carboxylic acids is 2. The van der Waals surface area contributed by atoms with Crippen molar-refractivity contribution >= 4 is 11.9 Å². The van der Waals surface area contributed by atoms with Crippen LogP contribution in [0, 0.1) is 6.92 Å². The molecule has 4 nitrogen and oxygen atoms in total. The van der Waals surface area contributed by atoms with Crippen LogP contribution in [0.15, 0.2) is 18.2 Å². The minimum absolute atomic E-state index is 0.249. The highest BCUT2D eigenvalue weighted by Crippen LogP contribution is 2.17. The van der Waals surface area contributed by atoms with Gasteiger partial charge in [0.2, 0.25) is 0 Å². The van der Waals surface area contributed by atoms with Gasteiger partial charge in [-0.1, -0.05) is 12.1 Å². The zero-order valence-electron chi connectivity index (χ0n) is 11.7. The number of benzene rings is 1. The largest absolute Gasteiger partial charge is 0.466 e. The Morgan fingerprint density at radius 3 is 2.42 bits per heavy atom. The molecule has 0 aliphatic heterocycles. The topological polar surface area (TPSA) is 52.6 Å². The maximum Gasteiger partial charge on any atom is 0.338 e. The molecule has 0 unspecified atom stereocenters. The number of hydrogen-bond donors (Lipinski definition) is 0. The van der Waals surface area contributed by atoms with Gasteiger partial charge in [-0.25, -0.2) is 4.79 Å². The van der Waals surface area contributed by atoms with Gasteiger partial charge in [0.25, 0.3) is 0 Å². The van der Waals surface area contributed by atoms with Crippen LogP contribution in [-0.2, 0) is 20.7 Å². The van der Waals surface area contributed by atoms with Crippen molar-refractivity contribution in [2.24, 2.45) is 0 Å². The minimum Gasteiger partial charge on any atom is -0.466 e. The van der Waals surface area contributed by atoms with Crippen LogP contribution < -0.4 is 0 Å². The molecule has 1 aromatic carbocycles. The highest BCUT2D eigenvalue weighted by atomic mass is 16.5. The summed E-state index contributed by atoms with van der Waals surface area (Å²) in [6, 6.07) is 5.46. The molecule has 0 aliphatic carbocycles. The molecule has 0 saturated carbocycles. The van der Waals surface area contributed by atoms with Gasteiger partial charge in [-0.15, -0.1) is 0 Å². The average Bonchev–Trinajstić information content (AvgIpc) is 2.37. The molecule has 0 fully saturated rings. The van der Waals surface area contributed by atoms with Crippen LogP contribution in [0.5, 0.6) is 0 Å². The van der Waals surface area contributed by atoms with E-state index in [1.165, 1.54) is 0 Å². The summed E-state index contributed by atoms with van der Waals surface area (Å²) >= 11 is 0. The Morgan fingerprint density at radius 2 is 1.79 bits per heavy atom. The summed E-state index contributed by atoms with van der Waals surface area (Å²) in [5.74, 6) is -0.592. The smallest absolute Gasteiger partial charge is 0.338 e. The molecule has 1 aromatic rings. The van der Waals surface area contributed by atoms with Gasteiger partial charge in [-0.3, -0.25) is 4.79 Å². The molecule has 0 spiro atoms. The number of hydrogen-bond acceptors (Lipinski definition) is 4. The fourth-order valence-electron chi connectivity index (χ4n) is 1.89. The third-order valence-electron chi connectivity index (χ3n) is 2.79. The van der Waals surface area contributed by atoms with Gasteiger partial charge in [0.15, 0.2) is 0 Å². The number of aryl methyl sites for hydroxylation is 1. The molecule has 1 rings (SSSR count). The lowest BCUT2D eigenvalue weighted by atomic mass is 9.98. The second-order valence-electron chi connectivity index (χ2n) is 4.13. The van der Waals surface area contributed by atoms with Crippen LogP contribution in [0.1, 0.15) is 41.8 Å². The monoisotopic (exact) mass is 264 g/mol. The first-order chi connectivity index (χ1) is 9.10. The van der Waals surface area contributed by atoms with E-state index in [9.17, 15) is 9.59 Å². The normalized spacial score (nSPS) is 10.1. The summed E-state index contributed by atoms with van der Waals surface area (Å²) < 4.78 is 9.92. The van der Waals surface area contributed by atoms with Crippen LogP contribution in [0.3, 0.4) is 0 Å². The van der Waals surface area contributed by atoms with Gasteiger partial charge >= 0.3 is 11.9 Å². The molecule has 0 radical (unpaired) electrons. The number of rotatable bonds is 6. The molecule has 0 aliphatic rings. The van der Waals surface area contributed by atoms with Crippen LogP contribution in [-0.4, -0.2) is 25.2 Å². The van der Waals surface area contributed by atoms with Crippen LogP contribution >= 0.6 is 0 Å². The highest BCUT2D eigenvalue weighted by Gasteiger charge is 2.15. The molecule has 104 valence electrons. The third kappa shape index (κ3) is 4.39. The molecule has 0 atom stereocenters. The summed E-state index contributed by atoms with van der Waals surface area (Å²) in [5, 5.41) is 0. The first kappa shape index (κ1) is 15.2. The van der Waals surface area contributed by atoms with E-state index in [2.05, 4.69) is 0 Å². The standard InChI is InChI=1S/C15H20O4/c1-4-18-14(16)10-9-12-11(3)7-6-8-13(12)15(17)19-5-2/h6-8H,4-5,9-10H2,1-3H3. The average molecular weight is 264 g/mol. The van der Waals surface area contributed by atoms with Crippen molar-refractivity contribution in [3.05, 3.63) is 34.9 Å². The quantitative estimate of drug-likeness (QED) is 0.741. The van der Waals surface area contributed by atoms with Crippen LogP contribution in [0.25, 0.3) is 0 Å². The van der Waals surface area contributed by atoms with E-state index in [-0.39, 0.29) is 18.4 Å². The summed E-state index contributed by atoms with van der Waals surface area (Å²) in [4.78, 5) is 23.2. The first-order valence-electron chi connectivity index (χ1n) is 6.51. The fraction of sp³-hybridized carbons (Fsp3) is 0.467. The van der Waals surface area contributed by atoms with E-state index < -0.39 is 0 Å². The van der Waals surface area contributed by atoms with Crippen molar-refractivity contribution in [2.75, 3.05) is 13.2 Å². The molecule has 0 N–H and O–H groups in total. The maximum absolute atomic E-state index is 11.8. The van der Waals surface area contributed by atoms with Crippen molar-refractivity contribution in [3.63, 3.8) is 0 Å². The second kappa shape index (κ2) is 7.56.